The highest BCUT2D eigenvalue weighted by atomic mass is 16.4. The summed E-state index contributed by atoms with van der Waals surface area (Å²) in [6.45, 7) is 7.23. The largest absolute Gasteiger partial charge is 0.545 e. The van der Waals surface area contributed by atoms with Crippen LogP contribution in [0, 0.1) is 0 Å². The van der Waals surface area contributed by atoms with Crippen molar-refractivity contribution in [3.05, 3.63) is 35.4 Å². The number of carboxylic acids is 2. The lowest BCUT2D eigenvalue weighted by atomic mass is 10.1. The van der Waals surface area contributed by atoms with Crippen LogP contribution in [0.15, 0.2) is 24.3 Å². The molecule has 0 unspecified atom stereocenters. The van der Waals surface area contributed by atoms with Crippen LogP contribution in [0.4, 0.5) is 0 Å². The van der Waals surface area contributed by atoms with Gasteiger partial charge in [-0.2, -0.15) is 0 Å². The third kappa shape index (κ3) is 34.6. The van der Waals surface area contributed by atoms with Gasteiger partial charge in [0.1, 0.15) is 0 Å². The number of hydrogen-bond donors (Lipinski definition) is 0. The summed E-state index contributed by atoms with van der Waals surface area (Å²) in [5, 5.41) is 20.5. The van der Waals surface area contributed by atoms with Crippen LogP contribution in [0.2, 0.25) is 0 Å². The van der Waals surface area contributed by atoms with Crippen molar-refractivity contribution < 1.29 is 28.8 Å². The van der Waals surface area contributed by atoms with Crippen molar-refractivity contribution >= 4 is 11.9 Å². The number of quaternary nitrogens is 2. The Morgan fingerprint density at radius 1 is 0.477 bits per heavy atom. The molecule has 0 N–H and O–H groups in total. The van der Waals surface area contributed by atoms with Crippen molar-refractivity contribution in [3.8, 4) is 0 Å². The third-order valence-electron chi connectivity index (χ3n) is 7.70. The van der Waals surface area contributed by atoms with Gasteiger partial charge in [-0.15, -0.1) is 0 Å². The molecule has 0 aliphatic carbocycles. The zero-order valence-corrected chi connectivity index (χ0v) is 30.4. The van der Waals surface area contributed by atoms with Gasteiger partial charge in [0.15, 0.2) is 0 Å². The molecule has 0 bridgehead atoms. The van der Waals surface area contributed by atoms with E-state index in [0.29, 0.717) is 0 Å². The van der Waals surface area contributed by atoms with Crippen LogP contribution in [-0.2, 0) is 0 Å². The maximum Gasteiger partial charge on any atom is 0.0780 e. The SMILES string of the molecule is CCCCCCCCCCCC[N+](C)(C)C.CCCCCCCCCCCC[N+](C)(C)C.O=C([O-])c1cccc(C(=O)[O-])c1. The quantitative estimate of drug-likeness (QED) is 0.0879. The predicted octanol–water partition coefficient (Wildman–Crippen LogP) is 7.64. The highest BCUT2D eigenvalue weighted by Crippen LogP contribution is 2.12. The Balaban J connectivity index is 0. The molecule has 0 atom stereocenters. The molecule has 1 rings (SSSR count). The Labute approximate surface area is 273 Å². The highest BCUT2D eigenvalue weighted by Gasteiger charge is 2.06. The van der Waals surface area contributed by atoms with E-state index in [1.807, 2.05) is 0 Å². The second-order valence-corrected chi connectivity index (χ2v) is 14.5. The second kappa shape index (κ2) is 28.5. The summed E-state index contributed by atoms with van der Waals surface area (Å²) in [6.07, 6.45) is 28.8. The summed E-state index contributed by atoms with van der Waals surface area (Å²) in [4.78, 5) is 20.5. The Hall–Kier alpha value is -1.92. The number of aromatic carboxylic acids is 2. The van der Waals surface area contributed by atoms with Crippen LogP contribution in [0.3, 0.4) is 0 Å². The van der Waals surface area contributed by atoms with Gasteiger partial charge in [0.25, 0.3) is 0 Å². The maximum atomic E-state index is 10.3. The van der Waals surface area contributed by atoms with E-state index in [0.717, 1.165) is 15.0 Å². The monoisotopic (exact) mass is 621 g/mol. The van der Waals surface area contributed by atoms with Crippen molar-refractivity contribution in [2.75, 3.05) is 55.4 Å². The average Bonchev–Trinajstić information content (AvgIpc) is 2.94. The fraction of sp³-hybridized carbons (Fsp3) is 0.789. The first-order chi connectivity index (χ1) is 20.7. The minimum Gasteiger partial charge on any atom is -0.545 e. The molecule has 6 nitrogen and oxygen atoms in total. The summed E-state index contributed by atoms with van der Waals surface area (Å²) < 4.78 is 2.24. The van der Waals surface area contributed by atoms with E-state index in [1.165, 1.54) is 160 Å². The van der Waals surface area contributed by atoms with Gasteiger partial charge in [-0.1, -0.05) is 135 Å². The Kier molecular flexibility index (Phi) is 28.7. The first-order valence-electron chi connectivity index (χ1n) is 17.9. The summed E-state index contributed by atoms with van der Waals surface area (Å²) in [7, 11) is 13.7. The van der Waals surface area contributed by atoms with Gasteiger partial charge in [0, 0.05) is 0 Å². The molecule has 0 heterocycles. The smallest absolute Gasteiger partial charge is 0.0780 e. The molecule has 0 saturated carbocycles. The van der Waals surface area contributed by atoms with Crippen LogP contribution in [0.5, 0.6) is 0 Å². The topological polar surface area (TPSA) is 80.3 Å². The van der Waals surface area contributed by atoms with Gasteiger partial charge in [-0.05, 0) is 42.9 Å². The number of benzene rings is 1. The lowest BCUT2D eigenvalue weighted by molar-refractivity contribution is -0.870. The van der Waals surface area contributed by atoms with Gasteiger partial charge < -0.3 is 28.8 Å². The molecule has 0 aliphatic rings. The van der Waals surface area contributed by atoms with E-state index in [4.69, 9.17) is 0 Å². The van der Waals surface area contributed by atoms with Crippen molar-refractivity contribution in [1.82, 2.24) is 0 Å². The van der Waals surface area contributed by atoms with Crippen LogP contribution in [0.25, 0.3) is 0 Å². The van der Waals surface area contributed by atoms with Crippen LogP contribution in [-0.4, -0.2) is 76.3 Å². The number of nitrogens with zero attached hydrogens (tertiary/aromatic N) is 2. The normalized spacial score (nSPS) is 11.3. The first kappa shape index (κ1) is 44.2. The number of carbonyl (C=O) groups is 2. The third-order valence-corrected chi connectivity index (χ3v) is 7.70. The predicted molar refractivity (Wildman–Crippen MR) is 185 cm³/mol. The lowest BCUT2D eigenvalue weighted by Gasteiger charge is -2.23. The molecule has 0 spiro atoms. The molecule has 0 aromatic heterocycles. The lowest BCUT2D eigenvalue weighted by Crippen LogP contribution is -2.35. The van der Waals surface area contributed by atoms with Gasteiger partial charge in [0.2, 0.25) is 0 Å². The summed E-state index contributed by atoms with van der Waals surface area (Å²) >= 11 is 0. The maximum absolute atomic E-state index is 10.3. The van der Waals surface area contributed by atoms with Crippen molar-refractivity contribution in [2.45, 2.75) is 142 Å². The van der Waals surface area contributed by atoms with Gasteiger partial charge in [0.05, 0.1) is 67.3 Å². The number of hydrogen-bond acceptors (Lipinski definition) is 4. The van der Waals surface area contributed by atoms with E-state index in [2.05, 4.69) is 56.1 Å². The van der Waals surface area contributed by atoms with E-state index < -0.39 is 11.9 Å². The van der Waals surface area contributed by atoms with E-state index in [9.17, 15) is 19.8 Å². The van der Waals surface area contributed by atoms with E-state index in [1.54, 1.807) is 0 Å². The van der Waals surface area contributed by atoms with Gasteiger partial charge in [-0.25, -0.2) is 0 Å². The molecule has 0 aliphatic heterocycles. The molecule has 0 saturated heterocycles. The van der Waals surface area contributed by atoms with E-state index >= 15 is 0 Å². The van der Waals surface area contributed by atoms with Crippen molar-refractivity contribution in [1.29, 1.82) is 0 Å². The number of carboxylic acid groups (broad SMARTS) is 2. The molecule has 1 aromatic rings. The average molecular weight is 621 g/mol. The molecule has 0 radical (unpaired) electrons. The molecule has 258 valence electrons. The zero-order valence-electron chi connectivity index (χ0n) is 30.4. The fourth-order valence-corrected chi connectivity index (χ4v) is 4.92. The highest BCUT2D eigenvalue weighted by molar-refractivity contribution is 5.91. The van der Waals surface area contributed by atoms with Gasteiger partial charge in [-0.3, -0.25) is 0 Å². The molecule has 0 fully saturated rings. The van der Waals surface area contributed by atoms with Crippen LogP contribution >= 0.6 is 0 Å². The first-order valence-corrected chi connectivity index (χ1v) is 17.9. The standard InChI is InChI=1S/2C15H34N.C8H6O4/c2*1-5-6-7-8-9-10-11-12-13-14-15-16(2,3)4;9-7(10)5-2-1-3-6(4-5)8(11)12/h2*5-15H2,1-4H3;1-4H,(H,9,10)(H,11,12)/q2*+1;/p-2. The number of unbranched alkanes of at least 4 members (excludes halogenated alkanes) is 18. The minimum absolute atomic E-state index is 0.170. The minimum atomic E-state index is -1.40. The second-order valence-electron chi connectivity index (χ2n) is 14.5. The number of carbonyl (C=O) groups excluding carboxylic acids is 2. The number of rotatable bonds is 24. The summed E-state index contributed by atoms with van der Waals surface area (Å²) in [5.41, 5.74) is -0.339. The summed E-state index contributed by atoms with van der Waals surface area (Å²) in [6, 6.07) is 4.81. The van der Waals surface area contributed by atoms with Crippen LogP contribution < -0.4 is 10.2 Å². The van der Waals surface area contributed by atoms with Crippen molar-refractivity contribution in [2.24, 2.45) is 0 Å². The molecule has 0 amide bonds. The van der Waals surface area contributed by atoms with Crippen molar-refractivity contribution in [3.63, 3.8) is 0 Å². The Morgan fingerprint density at radius 2 is 0.727 bits per heavy atom. The fourth-order valence-electron chi connectivity index (χ4n) is 4.92. The molecular weight excluding hydrogens is 548 g/mol. The molecule has 6 heteroatoms. The molecule has 44 heavy (non-hydrogen) atoms. The summed E-state index contributed by atoms with van der Waals surface area (Å²) in [5.74, 6) is -2.81. The Morgan fingerprint density at radius 3 is 0.955 bits per heavy atom. The van der Waals surface area contributed by atoms with Crippen LogP contribution in [0.1, 0.15) is 163 Å². The zero-order chi connectivity index (χ0) is 33.7. The molecular formula is C38H72N2O4. The Bertz CT molecular complexity index is 749. The van der Waals surface area contributed by atoms with Gasteiger partial charge >= 0.3 is 0 Å². The molecule has 1 aromatic carbocycles. The van der Waals surface area contributed by atoms with E-state index in [-0.39, 0.29) is 11.1 Å².